The van der Waals surface area contributed by atoms with Crippen molar-refractivity contribution in [2.75, 3.05) is 20.2 Å². The average Bonchev–Trinajstić information content (AvgIpc) is 2.47. The second-order valence-electron chi connectivity index (χ2n) is 5.65. The molecule has 2 rings (SSSR count). The van der Waals surface area contributed by atoms with Crippen molar-refractivity contribution in [1.29, 1.82) is 0 Å². The van der Waals surface area contributed by atoms with Crippen LogP contribution in [0.5, 0.6) is 5.75 Å². The Labute approximate surface area is 120 Å². The number of carbonyl (C=O) groups is 1. The molecule has 2 N–H and O–H groups in total. The van der Waals surface area contributed by atoms with Crippen LogP contribution in [0.4, 0.5) is 0 Å². The number of rotatable bonds is 4. The Morgan fingerprint density at radius 2 is 2.25 bits per heavy atom. The monoisotopic (exact) mass is 276 g/mol. The Morgan fingerprint density at radius 3 is 2.90 bits per heavy atom. The van der Waals surface area contributed by atoms with Gasteiger partial charge in [-0.15, -0.1) is 0 Å². The second kappa shape index (κ2) is 6.75. The zero-order chi connectivity index (χ0) is 14.5. The molecule has 1 saturated heterocycles. The highest BCUT2D eigenvalue weighted by Crippen LogP contribution is 2.19. The van der Waals surface area contributed by atoms with Gasteiger partial charge in [-0.1, -0.05) is 6.07 Å². The van der Waals surface area contributed by atoms with Gasteiger partial charge in [-0.2, -0.15) is 0 Å². The van der Waals surface area contributed by atoms with Gasteiger partial charge in [0, 0.05) is 18.2 Å². The van der Waals surface area contributed by atoms with Gasteiger partial charge in [0.25, 0.3) is 5.91 Å². The van der Waals surface area contributed by atoms with E-state index in [1.165, 1.54) is 12.8 Å². The van der Waals surface area contributed by atoms with E-state index in [1.54, 1.807) is 13.2 Å². The number of piperidine rings is 1. The number of hydrogen-bond donors (Lipinski definition) is 2. The number of hydrogen-bond acceptors (Lipinski definition) is 3. The van der Waals surface area contributed by atoms with E-state index in [4.69, 9.17) is 4.74 Å². The molecule has 1 amide bonds. The van der Waals surface area contributed by atoms with Gasteiger partial charge in [-0.05, 0) is 56.8 Å². The minimum atomic E-state index is -0.0260. The van der Waals surface area contributed by atoms with Crippen molar-refractivity contribution in [3.8, 4) is 5.75 Å². The third-order valence-corrected chi connectivity index (χ3v) is 3.98. The number of benzene rings is 1. The molecule has 0 radical (unpaired) electrons. The van der Waals surface area contributed by atoms with Crippen LogP contribution in [-0.2, 0) is 0 Å². The molecule has 0 saturated carbocycles. The van der Waals surface area contributed by atoms with E-state index in [1.807, 2.05) is 19.1 Å². The highest BCUT2D eigenvalue weighted by Gasteiger charge is 2.18. The summed E-state index contributed by atoms with van der Waals surface area (Å²) in [4.78, 5) is 12.1. The zero-order valence-electron chi connectivity index (χ0n) is 12.5. The number of aryl methyl sites for hydroxylation is 1. The molecule has 4 nitrogen and oxygen atoms in total. The van der Waals surface area contributed by atoms with Crippen molar-refractivity contribution in [2.45, 2.75) is 32.7 Å². The summed E-state index contributed by atoms with van der Waals surface area (Å²) in [6.45, 7) is 5.89. The highest BCUT2D eigenvalue weighted by molar-refractivity contribution is 5.94. The smallest absolute Gasteiger partial charge is 0.251 e. The largest absolute Gasteiger partial charge is 0.496 e. The van der Waals surface area contributed by atoms with Crippen molar-refractivity contribution in [2.24, 2.45) is 5.92 Å². The predicted octanol–water partition coefficient (Wildman–Crippen LogP) is 2.12. The molecular formula is C16H24N2O2. The van der Waals surface area contributed by atoms with Crippen LogP contribution in [0.25, 0.3) is 0 Å². The summed E-state index contributed by atoms with van der Waals surface area (Å²) in [6.07, 6.45) is 2.35. The molecule has 110 valence electrons. The average molecular weight is 276 g/mol. The maximum absolute atomic E-state index is 12.1. The summed E-state index contributed by atoms with van der Waals surface area (Å²) in [5, 5.41) is 6.47. The van der Waals surface area contributed by atoms with Crippen LogP contribution >= 0.6 is 0 Å². The van der Waals surface area contributed by atoms with Gasteiger partial charge in [0.05, 0.1) is 7.11 Å². The summed E-state index contributed by atoms with van der Waals surface area (Å²) >= 11 is 0. The third-order valence-electron chi connectivity index (χ3n) is 3.98. The molecule has 20 heavy (non-hydrogen) atoms. The van der Waals surface area contributed by atoms with Gasteiger partial charge in [-0.3, -0.25) is 4.79 Å². The molecule has 1 aromatic rings. The molecule has 1 aliphatic heterocycles. The van der Waals surface area contributed by atoms with Crippen molar-refractivity contribution in [3.63, 3.8) is 0 Å². The van der Waals surface area contributed by atoms with E-state index in [0.717, 1.165) is 24.4 Å². The van der Waals surface area contributed by atoms with Gasteiger partial charge >= 0.3 is 0 Å². The van der Waals surface area contributed by atoms with E-state index in [-0.39, 0.29) is 5.91 Å². The molecule has 4 heteroatoms. The number of nitrogens with one attached hydrogen (secondary N) is 2. The Hall–Kier alpha value is -1.55. The standard InChI is InChI=1S/C16H24N2O2/c1-11-4-7-14(8-15(11)20-3)16(19)18-10-13-6-5-12(2)17-9-13/h4,7-8,12-13,17H,5-6,9-10H2,1-3H3,(H,18,19). The quantitative estimate of drug-likeness (QED) is 0.885. The molecule has 0 spiro atoms. The number of carbonyl (C=O) groups excluding carboxylic acids is 1. The molecule has 0 aromatic heterocycles. The first kappa shape index (κ1) is 14.9. The molecular weight excluding hydrogens is 252 g/mol. The van der Waals surface area contributed by atoms with Crippen molar-refractivity contribution in [1.82, 2.24) is 10.6 Å². The molecule has 2 atom stereocenters. The summed E-state index contributed by atoms with van der Waals surface area (Å²) in [5.74, 6) is 1.26. The third kappa shape index (κ3) is 3.73. The predicted molar refractivity (Wildman–Crippen MR) is 80.3 cm³/mol. The molecule has 2 unspecified atom stereocenters. The Bertz CT molecular complexity index is 466. The Morgan fingerprint density at radius 1 is 1.45 bits per heavy atom. The van der Waals surface area contributed by atoms with E-state index in [9.17, 15) is 4.79 Å². The molecule has 1 aromatic carbocycles. The maximum Gasteiger partial charge on any atom is 0.251 e. The van der Waals surface area contributed by atoms with Crippen LogP contribution in [0, 0.1) is 12.8 Å². The topological polar surface area (TPSA) is 50.4 Å². The lowest BCUT2D eigenvalue weighted by Gasteiger charge is -2.27. The van der Waals surface area contributed by atoms with Crippen LogP contribution in [0.2, 0.25) is 0 Å². The van der Waals surface area contributed by atoms with E-state index in [0.29, 0.717) is 17.5 Å². The fraction of sp³-hybridized carbons (Fsp3) is 0.562. The van der Waals surface area contributed by atoms with Gasteiger partial charge in [-0.25, -0.2) is 0 Å². The van der Waals surface area contributed by atoms with Crippen molar-refractivity contribution in [3.05, 3.63) is 29.3 Å². The van der Waals surface area contributed by atoms with Gasteiger partial charge in [0.1, 0.15) is 5.75 Å². The number of methoxy groups -OCH3 is 1. The lowest BCUT2D eigenvalue weighted by Crippen LogP contribution is -2.41. The normalized spacial score (nSPS) is 22.4. The van der Waals surface area contributed by atoms with E-state index < -0.39 is 0 Å². The SMILES string of the molecule is COc1cc(C(=O)NCC2CCC(C)NC2)ccc1C. The molecule has 0 aliphatic carbocycles. The minimum Gasteiger partial charge on any atom is -0.496 e. The second-order valence-corrected chi connectivity index (χ2v) is 5.65. The summed E-state index contributed by atoms with van der Waals surface area (Å²) < 4.78 is 5.25. The first-order chi connectivity index (χ1) is 9.60. The van der Waals surface area contributed by atoms with Crippen LogP contribution in [0.15, 0.2) is 18.2 Å². The maximum atomic E-state index is 12.1. The molecule has 1 fully saturated rings. The van der Waals surface area contributed by atoms with Crippen LogP contribution < -0.4 is 15.4 Å². The number of amides is 1. The molecule has 1 aliphatic rings. The van der Waals surface area contributed by atoms with Crippen LogP contribution in [0.1, 0.15) is 35.7 Å². The van der Waals surface area contributed by atoms with Crippen LogP contribution in [-0.4, -0.2) is 32.1 Å². The summed E-state index contributed by atoms with van der Waals surface area (Å²) in [6, 6.07) is 6.15. The zero-order valence-corrected chi connectivity index (χ0v) is 12.5. The molecule has 0 bridgehead atoms. The summed E-state index contributed by atoms with van der Waals surface area (Å²) in [7, 11) is 1.62. The molecule has 1 heterocycles. The minimum absolute atomic E-state index is 0.0260. The van der Waals surface area contributed by atoms with Crippen molar-refractivity contribution < 1.29 is 9.53 Å². The summed E-state index contributed by atoms with van der Waals surface area (Å²) in [5.41, 5.74) is 1.69. The first-order valence-corrected chi connectivity index (χ1v) is 7.26. The first-order valence-electron chi connectivity index (χ1n) is 7.26. The van der Waals surface area contributed by atoms with Gasteiger partial charge in [0.2, 0.25) is 0 Å². The number of ether oxygens (including phenoxy) is 1. The highest BCUT2D eigenvalue weighted by atomic mass is 16.5. The lowest BCUT2D eigenvalue weighted by molar-refractivity contribution is 0.0943. The van der Waals surface area contributed by atoms with Crippen LogP contribution in [0.3, 0.4) is 0 Å². The Kier molecular flexibility index (Phi) is 5.01. The fourth-order valence-corrected chi connectivity index (χ4v) is 2.53. The van der Waals surface area contributed by atoms with Gasteiger partial charge in [0.15, 0.2) is 0 Å². The van der Waals surface area contributed by atoms with E-state index >= 15 is 0 Å². The Balaban J connectivity index is 1.88. The van der Waals surface area contributed by atoms with E-state index in [2.05, 4.69) is 17.6 Å². The fourth-order valence-electron chi connectivity index (χ4n) is 2.53. The van der Waals surface area contributed by atoms with Crippen molar-refractivity contribution >= 4 is 5.91 Å². The van der Waals surface area contributed by atoms with Gasteiger partial charge < -0.3 is 15.4 Å². The lowest BCUT2D eigenvalue weighted by atomic mass is 9.95.